The highest BCUT2D eigenvalue weighted by Crippen LogP contribution is 2.20. The lowest BCUT2D eigenvalue weighted by Gasteiger charge is -2.24. The summed E-state index contributed by atoms with van der Waals surface area (Å²) in [5.41, 5.74) is 1.58. The van der Waals surface area contributed by atoms with Crippen molar-refractivity contribution in [2.24, 2.45) is 0 Å². The van der Waals surface area contributed by atoms with Crippen molar-refractivity contribution in [2.75, 3.05) is 24.6 Å². The lowest BCUT2D eigenvalue weighted by Crippen LogP contribution is -2.29. The van der Waals surface area contributed by atoms with Crippen molar-refractivity contribution in [2.45, 2.75) is 13.3 Å². The summed E-state index contributed by atoms with van der Waals surface area (Å²) in [5.74, 6) is 0.965. The first-order chi connectivity index (χ1) is 10.7. The van der Waals surface area contributed by atoms with E-state index in [-0.39, 0.29) is 5.75 Å². The van der Waals surface area contributed by atoms with Crippen LogP contribution in [0.2, 0.25) is 0 Å². The topological polar surface area (TPSA) is 56.5 Å². The second-order valence-corrected chi connectivity index (χ2v) is 4.99. The van der Waals surface area contributed by atoms with Crippen molar-refractivity contribution in [3.05, 3.63) is 54.1 Å². The number of nitrogens with zero attached hydrogens (tertiary/aromatic N) is 2. The summed E-state index contributed by atoms with van der Waals surface area (Å²) in [6.45, 7) is 4.25. The minimum Gasteiger partial charge on any atom is -0.508 e. The maximum Gasteiger partial charge on any atom is 0.120 e. The van der Waals surface area contributed by atoms with E-state index in [1.165, 1.54) is 0 Å². The van der Waals surface area contributed by atoms with Crippen molar-refractivity contribution < 1.29 is 9.84 Å². The Kier molecular flexibility index (Phi) is 5.67. The molecule has 0 aliphatic carbocycles. The standard InChI is InChI=1S/C18H20N2O2/c1-2-9-20(16-6-4-7-17(21)13-16)10-11-22-18-8-3-5-15(12-18)14-19/h3-8,12-13,21H,2,9-11H2,1H3. The van der Waals surface area contributed by atoms with Gasteiger partial charge >= 0.3 is 0 Å². The van der Waals surface area contributed by atoms with Gasteiger partial charge in [0.1, 0.15) is 18.1 Å². The monoisotopic (exact) mass is 296 g/mol. The molecule has 22 heavy (non-hydrogen) atoms. The molecule has 0 saturated carbocycles. The highest BCUT2D eigenvalue weighted by molar-refractivity contribution is 5.50. The summed E-state index contributed by atoms with van der Waals surface area (Å²) in [4.78, 5) is 2.17. The number of phenolic OH excluding ortho intramolecular Hbond substituents is 1. The van der Waals surface area contributed by atoms with E-state index in [1.807, 2.05) is 24.3 Å². The third-order valence-electron chi connectivity index (χ3n) is 3.28. The van der Waals surface area contributed by atoms with Crippen LogP contribution in [0.15, 0.2) is 48.5 Å². The largest absolute Gasteiger partial charge is 0.508 e. The summed E-state index contributed by atoms with van der Waals surface area (Å²) in [6, 6.07) is 16.5. The van der Waals surface area contributed by atoms with Crippen LogP contribution >= 0.6 is 0 Å². The number of anilines is 1. The predicted molar refractivity (Wildman–Crippen MR) is 87.3 cm³/mol. The zero-order chi connectivity index (χ0) is 15.8. The Labute approximate surface area is 131 Å². The van der Waals surface area contributed by atoms with Crippen molar-refractivity contribution in [1.29, 1.82) is 5.26 Å². The third-order valence-corrected chi connectivity index (χ3v) is 3.28. The van der Waals surface area contributed by atoms with Gasteiger partial charge in [0.05, 0.1) is 18.2 Å². The van der Waals surface area contributed by atoms with Crippen molar-refractivity contribution in [1.82, 2.24) is 0 Å². The van der Waals surface area contributed by atoms with E-state index >= 15 is 0 Å². The van der Waals surface area contributed by atoms with Crippen LogP contribution in [0.25, 0.3) is 0 Å². The average molecular weight is 296 g/mol. The van der Waals surface area contributed by atoms with E-state index in [0.717, 1.165) is 18.7 Å². The zero-order valence-electron chi connectivity index (χ0n) is 12.7. The van der Waals surface area contributed by atoms with Crippen LogP contribution < -0.4 is 9.64 Å². The SMILES string of the molecule is CCCN(CCOc1cccc(C#N)c1)c1cccc(O)c1. The van der Waals surface area contributed by atoms with Crippen molar-refractivity contribution in [3.8, 4) is 17.6 Å². The molecule has 0 aliphatic rings. The quantitative estimate of drug-likeness (QED) is 0.848. The second-order valence-electron chi connectivity index (χ2n) is 4.99. The molecule has 0 fully saturated rings. The molecule has 0 bridgehead atoms. The predicted octanol–water partition coefficient (Wildman–Crippen LogP) is 3.56. The molecule has 2 aromatic rings. The van der Waals surface area contributed by atoms with Crippen LogP contribution in [0.4, 0.5) is 5.69 Å². The second kappa shape index (κ2) is 7.94. The number of rotatable bonds is 7. The van der Waals surface area contributed by atoms with Gasteiger partial charge in [-0.3, -0.25) is 0 Å². The van der Waals surface area contributed by atoms with E-state index in [1.54, 1.807) is 24.3 Å². The van der Waals surface area contributed by atoms with E-state index in [0.29, 0.717) is 24.5 Å². The zero-order valence-corrected chi connectivity index (χ0v) is 12.7. The highest BCUT2D eigenvalue weighted by Gasteiger charge is 2.06. The number of nitriles is 1. The van der Waals surface area contributed by atoms with Gasteiger partial charge < -0.3 is 14.7 Å². The van der Waals surface area contributed by atoms with Crippen molar-refractivity contribution in [3.63, 3.8) is 0 Å². The normalized spacial score (nSPS) is 10.0. The molecule has 114 valence electrons. The summed E-state index contributed by atoms with van der Waals surface area (Å²) in [6.07, 6.45) is 1.01. The van der Waals surface area contributed by atoms with Crippen LogP contribution in [0, 0.1) is 11.3 Å². The first-order valence-electron chi connectivity index (χ1n) is 7.40. The highest BCUT2D eigenvalue weighted by atomic mass is 16.5. The molecule has 0 radical (unpaired) electrons. The van der Waals surface area contributed by atoms with Gasteiger partial charge in [-0.15, -0.1) is 0 Å². The number of ether oxygens (including phenoxy) is 1. The summed E-state index contributed by atoms with van der Waals surface area (Å²) in [5, 5.41) is 18.5. The fourth-order valence-corrected chi connectivity index (χ4v) is 2.26. The number of hydrogen-bond donors (Lipinski definition) is 1. The number of hydrogen-bond acceptors (Lipinski definition) is 4. The first kappa shape index (κ1) is 15.7. The average Bonchev–Trinajstić information content (AvgIpc) is 2.54. The molecule has 4 heteroatoms. The molecular formula is C18H20N2O2. The molecule has 2 aromatic carbocycles. The Morgan fingerprint density at radius 2 is 1.95 bits per heavy atom. The van der Waals surface area contributed by atoms with E-state index in [9.17, 15) is 5.11 Å². The molecular weight excluding hydrogens is 276 g/mol. The van der Waals surface area contributed by atoms with Gasteiger partial charge in [-0.05, 0) is 36.8 Å². The molecule has 0 atom stereocenters. The van der Waals surface area contributed by atoms with Gasteiger partial charge in [0, 0.05) is 18.3 Å². The lowest BCUT2D eigenvalue weighted by atomic mass is 10.2. The molecule has 1 N–H and O–H groups in total. The Hall–Kier alpha value is -2.67. The van der Waals surface area contributed by atoms with Gasteiger partial charge in [0.25, 0.3) is 0 Å². The number of phenols is 1. The summed E-state index contributed by atoms with van der Waals surface area (Å²) >= 11 is 0. The maximum absolute atomic E-state index is 9.60. The third kappa shape index (κ3) is 4.42. The van der Waals surface area contributed by atoms with Crippen LogP contribution in [0.5, 0.6) is 11.5 Å². The fourth-order valence-electron chi connectivity index (χ4n) is 2.26. The van der Waals surface area contributed by atoms with Gasteiger partial charge in [-0.2, -0.15) is 5.26 Å². The smallest absolute Gasteiger partial charge is 0.120 e. The first-order valence-corrected chi connectivity index (χ1v) is 7.40. The van der Waals surface area contributed by atoms with Gasteiger partial charge in [0.2, 0.25) is 0 Å². The molecule has 0 aliphatic heterocycles. The van der Waals surface area contributed by atoms with Crippen LogP contribution in [-0.2, 0) is 0 Å². The minimum absolute atomic E-state index is 0.265. The fraction of sp³-hybridized carbons (Fsp3) is 0.278. The number of benzene rings is 2. The molecule has 0 unspecified atom stereocenters. The van der Waals surface area contributed by atoms with E-state index in [2.05, 4.69) is 17.9 Å². The Morgan fingerprint density at radius 3 is 2.68 bits per heavy atom. The molecule has 0 heterocycles. The Bertz CT molecular complexity index is 650. The number of aromatic hydroxyl groups is 1. The summed E-state index contributed by atoms with van der Waals surface area (Å²) in [7, 11) is 0. The summed E-state index contributed by atoms with van der Waals surface area (Å²) < 4.78 is 5.72. The lowest BCUT2D eigenvalue weighted by molar-refractivity contribution is 0.323. The molecule has 2 rings (SSSR count). The Morgan fingerprint density at radius 1 is 1.14 bits per heavy atom. The Balaban J connectivity index is 1.96. The van der Waals surface area contributed by atoms with Crippen LogP contribution in [0.3, 0.4) is 0 Å². The van der Waals surface area contributed by atoms with Gasteiger partial charge in [-0.1, -0.05) is 19.1 Å². The maximum atomic E-state index is 9.60. The van der Waals surface area contributed by atoms with Gasteiger partial charge in [-0.25, -0.2) is 0 Å². The molecule has 0 spiro atoms. The van der Waals surface area contributed by atoms with E-state index in [4.69, 9.17) is 10.00 Å². The van der Waals surface area contributed by atoms with Crippen LogP contribution in [0.1, 0.15) is 18.9 Å². The molecule has 4 nitrogen and oxygen atoms in total. The molecule has 0 aromatic heterocycles. The minimum atomic E-state index is 0.265. The molecule has 0 amide bonds. The van der Waals surface area contributed by atoms with E-state index < -0.39 is 0 Å². The van der Waals surface area contributed by atoms with Crippen molar-refractivity contribution >= 4 is 5.69 Å². The molecule has 0 saturated heterocycles. The van der Waals surface area contributed by atoms with Gasteiger partial charge in [0.15, 0.2) is 0 Å². The van der Waals surface area contributed by atoms with Crippen LogP contribution in [-0.4, -0.2) is 24.8 Å².